The van der Waals surface area contributed by atoms with Gasteiger partial charge in [0.05, 0.1) is 12.1 Å². The van der Waals surface area contributed by atoms with Crippen LogP contribution in [0, 0.1) is 11.8 Å². The molecule has 0 aliphatic heterocycles. The molecule has 0 saturated heterocycles. The van der Waals surface area contributed by atoms with Gasteiger partial charge in [0.25, 0.3) is 0 Å². The summed E-state index contributed by atoms with van der Waals surface area (Å²) in [6.45, 7) is 1.49. The minimum absolute atomic E-state index is 0.0729. The molecule has 0 radical (unpaired) electrons. The first-order chi connectivity index (χ1) is 15.6. The lowest BCUT2D eigenvalue weighted by atomic mass is 9.79. The Labute approximate surface area is 187 Å². The Balaban J connectivity index is 1.41. The van der Waals surface area contributed by atoms with E-state index in [2.05, 4.69) is 9.97 Å². The Bertz CT molecular complexity index is 1110. The van der Waals surface area contributed by atoms with Crippen LogP contribution >= 0.6 is 0 Å². The van der Waals surface area contributed by atoms with E-state index >= 15 is 0 Å². The Morgan fingerprint density at radius 3 is 2.69 bits per heavy atom. The average Bonchev–Trinajstić information content (AvgIpc) is 3.05. The fraction of sp³-hybridized carbons (Fsp3) is 0.500. The minimum Gasteiger partial charge on any atom is -0.475 e. The maximum absolute atomic E-state index is 12.9. The van der Waals surface area contributed by atoms with E-state index in [1.807, 2.05) is 18.2 Å². The largest absolute Gasteiger partial charge is 0.475 e. The van der Waals surface area contributed by atoms with Crippen molar-refractivity contribution in [1.29, 1.82) is 0 Å². The molecule has 170 valence electrons. The van der Waals surface area contributed by atoms with Gasteiger partial charge in [-0.3, -0.25) is 18.9 Å². The summed E-state index contributed by atoms with van der Waals surface area (Å²) in [5.41, 5.74) is 2.32. The van der Waals surface area contributed by atoms with E-state index in [4.69, 9.17) is 9.47 Å². The number of hydrogen-bond acceptors (Lipinski definition) is 6. The predicted molar refractivity (Wildman–Crippen MR) is 121 cm³/mol. The van der Waals surface area contributed by atoms with E-state index in [-0.39, 0.29) is 11.6 Å². The van der Waals surface area contributed by atoms with Gasteiger partial charge in [0.1, 0.15) is 12.4 Å². The lowest BCUT2D eigenvalue weighted by Gasteiger charge is -2.27. The molecule has 0 amide bonds. The van der Waals surface area contributed by atoms with Gasteiger partial charge in [-0.1, -0.05) is 6.07 Å². The van der Waals surface area contributed by atoms with Crippen LogP contribution in [0.5, 0.6) is 5.88 Å². The second-order valence-corrected chi connectivity index (χ2v) is 8.51. The molecule has 4 rings (SSSR count). The zero-order chi connectivity index (χ0) is 22.5. The third-order valence-electron chi connectivity index (χ3n) is 6.35. The van der Waals surface area contributed by atoms with Crippen molar-refractivity contribution in [2.24, 2.45) is 18.9 Å². The molecule has 0 atom stereocenters. The van der Waals surface area contributed by atoms with Crippen LogP contribution in [0.25, 0.3) is 11.2 Å². The van der Waals surface area contributed by atoms with Crippen molar-refractivity contribution in [2.75, 3.05) is 20.3 Å². The fourth-order valence-electron chi connectivity index (χ4n) is 4.51. The highest BCUT2D eigenvalue weighted by atomic mass is 16.5. The Morgan fingerprint density at radius 2 is 1.97 bits per heavy atom. The van der Waals surface area contributed by atoms with Crippen molar-refractivity contribution >= 4 is 16.9 Å². The molecular formula is C24H30N4O4. The van der Waals surface area contributed by atoms with Crippen LogP contribution < -0.4 is 10.4 Å². The summed E-state index contributed by atoms with van der Waals surface area (Å²) >= 11 is 0. The van der Waals surface area contributed by atoms with Gasteiger partial charge in [0, 0.05) is 51.5 Å². The summed E-state index contributed by atoms with van der Waals surface area (Å²) in [6, 6.07) is 7.46. The molecular weight excluding hydrogens is 408 g/mol. The summed E-state index contributed by atoms with van der Waals surface area (Å²) in [4.78, 5) is 34.3. The smallest absolute Gasteiger partial charge is 0.330 e. The third-order valence-corrected chi connectivity index (χ3v) is 6.35. The van der Waals surface area contributed by atoms with Crippen LogP contribution in [0.4, 0.5) is 0 Å². The van der Waals surface area contributed by atoms with E-state index in [9.17, 15) is 9.59 Å². The van der Waals surface area contributed by atoms with Gasteiger partial charge in [-0.15, -0.1) is 0 Å². The Kier molecular flexibility index (Phi) is 6.99. The fourth-order valence-corrected chi connectivity index (χ4v) is 4.51. The first-order valence-corrected chi connectivity index (χ1v) is 11.2. The van der Waals surface area contributed by atoms with Crippen molar-refractivity contribution in [2.45, 2.75) is 38.6 Å². The zero-order valence-electron chi connectivity index (χ0n) is 18.7. The molecule has 1 aliphatic rings. The molecule has 3 aromatic rings. The average molecular weight is 439 g/mol. The van der Waals surface area contributed by atoms with Crippen molar-refractivity contribution in [1.82, 2.24) is 19.1 Å². The van der Waals surface area contributed by atoms with Crippen LogP contribution in [-0.4, -0.2) is 45.2 Å². The summed E-state index contributed by atoms with van der Waals surface area (Å²) in [7, 11) is 3.39. The topological polar surface area (TPSA) is 88.2 Å². The standard InChI is InChI=1S/C24H30N4O4/c1-27-20-9-10-22(32-13-12-31-2)26-23(20)28(24(27)30)16-17-5-7-19(8-6-17)21(29)14-18-4-3-11-25-15-18/h3-4,9-11,15,17,19H,5-8,12-14,16H2,1-2H3. The normalized spacial score (nSPS) is 18.7. The molecule has 0 bridgehead atoms. The van der Waals surface area contributed by atoms with Crippen LogP contribution in [0.1, 0.15) is 31.2 Å². The van der Waals surface area contributed by atoms with Crippen molar-refractivity contribution < 1.29 is 14.3 Å². The molecule has 1 aliphatic carbocycles. The van der Waals surface area contributed by atoms with Gasteiger partial charge in [-0.25, -0.2) is 4.79 Å². The van der Waals surface area contributed by atoms with E-state index < -0.39 is 0 Å². The van der Waals surface area contributed by atoms with Crippen LogP contribution in [-0.2, 0) is 29.5 Å². The number of ether oxygens (including phenoxy) is 2. The number of methoxy groups -OCH3 is 1. The van der Waals surface area contributed by atoms with Crippen molar-refractivity contribution in [3.05, 3.63) is 52.7 Å². The highest BCUT2D eigenvalue weighted by Crippen LogP contribution is 2.31. The number of Topliss-reactive ketones (excluding diaryl/α,β-unsaturated/α-hetero) is 1. The van der Waals surface area contributed by atoms with Gasteiger partial charge >= 0.3 is 5.69 Å². The maximum Gasteiger partial charge on any atom is 0.330 e. The van der Waals surface area contributed by atoms with Crippen LogP contribution in [0.15, 0.2) is 41.5 Å². The van der Waals surface area contributed by atoms with Crippen LogP contribution in [0.2, 0.25) is 0 Å². The SMILES string of the molecule is COCCOc1ccc2c(n1)n(CC1CCC(C(=O)Cc3cccnc3)CC1)c(=O)n2C. The van der Waals surface area contributed by atoms with Gasteiger partial charge in [0.15, 0.2) is 5.65 Å². The molecule has 1 fully saturated rings. The number of rotatable bonds is 9. The van der Waals surface area contributed by atoms with Gasteiger partial charge in [-0.05, 0) is 49.3 Å². The number of carbonyl (C=O) groups is 1. The van der Waals surface area contributed by atoms with Gasteiger partial charge in [-0.2, -0.15) is 4.98 Å². The van der Waals surface area contributed by atoms with E-state index in [1.54, 1.807) is 41.8 Å². The molecule has 0 unspecified atom stereocenters. The zero-order valence-corrected chi connectivity index (χ0v) is 18.7. The summed E-state index contributed by atoms with van der Waals surface area (Å²) in [5, 5.41) is 0. The second-order valence-electron chi connectivity index (χ2n) is 8.51. The number of ketones is 1. The molecule has 0 aromatic carbocycles. The summed E-state index contributed by atoms with van der Waals surface area (Å²) in [5.74, 6) is 1.21. The van der Waals surface area contributed by atoms with Gasteiger partial charge in [0.2, 0.25) is 5.88 Å². The lowest BCUT2D eigenvalue weighted by molar-refractivity contribution is -0.123. The van der Waals surface area contributed by atoms with Crippen molar-refractivity contribution in [3.8, 4) is 5.88 Å². The molecule has 0 N–H and O–H groups in total. The number of pyridine rings is 2. The highest BCUT2D eigenvalue weighted by Gasteiger charge is 2.27. The van der Waals surface area contributed by atoms with Crippen LogP contribution in [0.3, 0.4) is 0 Å². The Morgan fingerprint density at radius 1 is 1.16 bits per heavy atom. The third kappa shape index (κ3) is 4.91. The number of carbonyl (C=O) groups excluding carboxylic acids is 1. The minimum atomic E-state index is -0.0729. The molecule has 8 nitrogen and oxygen atoms in total. The van der Waals surface area contributed by atoms with E-state index in [0.717, 1.165) is 36.8 Å². The summed E-state index contributed by atoms with van der Waals surface area (Å²) in [6.07, 6.45) is 7.51. The monoisotopic (exact) mass is 438 g/mol. The molecule has 8 heteroatoms. The quantitative estimate of drug-likeness (QED) is 0.478. The number of aromatic nitrogens is 4. The molecule has 3 aromatic heterocycles. The van der Waals surface area contributed by atoms with Crippen molar-refractivity contribution in [3.63, 3.8) is 0 Å². The molecule has 1 saturated carbocycles. The van der Waals surface area contributed by atoms with E-state index in [0.29, 0.717) is 49.4 Å². The first-order valence-electron chi connectivity index (χ1n) is 11.2. The second kappa shape index (κ2) is 10.1. The maximum atomic E-state index is 12.9. The number of hydrogen-bond donors (Lipinski definition) is 0. The molecule has 32 heavy (non-hydrogen) atoms. The number of nitrogens with zero attached hydrogens (tertiary/aromatic N) is 4. The number of aryl methyl sites for hydroxylation is 1. The van der Waals surface area contributed by atoms with Gasteiger partial charge < -0.3 is 9.47 Å². The first kappa shape index (κ1) is 22.2. The molecule has 0 spiro atoms. The Hall–Kier alpha value is -3.00. The molecule has 3 heterocycles. The summed E-state index contributed by atoms with van der Waals surface area (Å²) < 4.78 is 14.0. The number of fused-ring (bicyclic) bond motifs is 1. The predicted octanol–water partition coefficient (Wildman–Crippen LogP) is 2.77. The highest BCUT2D eigenvalue weighted by molar-refractivity contribution is 5.83. The number of imidazole rings is 1. The van der Waals surface area contributed by atoms with E-state index in [1.165, 1.54) is 0 Å². The lowest BCUT2D eigenvalue weighted by Crippen LogP contribution is -2.29.